The van der Waals surface area contributed by atoms with Crippen molar-refractivity contribution in [3.8, 4) is 5.88 Å². The summed E-state index contributed by atoms with van der Waals surface area (Å²) in [6, 6.07) is 3.19. The molecule has 172 valence electrons. The molecule has 2 heterocycles. The summed E-state index contributed by atoms with van der Waals surface area (Å²) in [5.74, 6) is -2.04. The van der Waals surface area contributed by atoms with Crippen LogP contribution in [0.2, 0.25) is 0 Å². The van der Waals surface area contributed by atoms with Crippen molar-refractivity contribution in [2.45, 2.75) is 12.0 Å². The van der Waals surface area contributed by atoms with Gasteiger partial charge in [-0.15, -0.1) is 0 Å². The number of aromatic nitrogens is 2. The Labute approximate surface area is 180 Å². The number of nitrogens with one attached hydrogen (secondary N) is 2. The molecule has 10 nitrogen and oxygen atoms in total. The minimum Gasteiger partial charge on any atom is -0.494 e. The molecule has 1 amide bonds. The SMILES string of the molecule is COCCOc1cnc(C(=O)Nc2ccc(F)c([C@]3(C(F)F)COC=C(N)N3)c2)c(N)n1. The Morgan fingerprint density at radius 1 is 1.38 bits per heavy atom. The van der Waals surface area contributed by atoms with E-state index in [1.165, 1.54) is 19.4 Å². The number of carbonyl (C=O) groups is 1. The van der Waals surface area contributed by atoms with Gasteiger partial charge in [-0.1, -0.05) is 0 Å². The third kappa shape index (κ3) is 4.77. The zero-order chi connectivity index (χ0) is 23.3. The van der Waals surface area contributed by atoms with E-state index in [1.807, 2.05) is 0 Å². The van der Waals surface area contributed by atoms with Crippen LogP contribution in [0.4, 0.5) is 24.7 Å². The average Bonchev–Trinajstić information content (AvgIpc) is 2.75. The molecule has 0 unspecified atom stereocenters. The summed E-state index contributed by atoms with van der Waals surface area (Å²) < 4.78 is 57.5. The van der Waals surface area contributed by atoms with E-state index in [2.05, 4.69) is 20.6 Å². The number of hydrogen-bond acceptors (Lipinski definition) is 9. The summed E-state index contributed by atoms with van der Waals surface area (Å²) in [5, 5.41) is 4.82. The van der Waals surface area contributed by atoms with Crippen LogP contribution in [0.3, 0.4) is 0 Å². The second-order valence-corrected chi connectivity index (χ2v) is 6.71. The highest BCUT2D eigenvalue weighted by Gasteiger charge is 2.46. The quantitative estimate of drug-likeness (QED) is 0.434. The molecule has 1 atom stereocenters. The molecule has 0 saturated carbocycles. The molecule has 0 radical (unpaired) electrons. The van der Waals surface area contributed by atoms with E-state index in [4.69, 9.17) is 25.7 Å². The van der Waals surface area contributed by atoms with E-state index in [1.54, 1.807) is 0 Å². The molecule has 0 fully saturated rings. The van der Waals surface area contributed by atoms with Gasteiger partial charge < -0.3 is 36.3 Å². The van der Waals surface area contributed by atoms with Crippen LogP contribution in [0.1, 0.15) is 16.1 Å². The topological polar surface area (TPSA) is 147 Å². The van der Waals surface area contributed by atoms with Crippen LogP contribution >= 0.6 is 0 Å². The number of nitrogen functional groups attached to an aromatic ring is 1. The number of benzene rings is 1. The molecule has 1 aliphatic heterocycles. The fraction of sp³-hybridized carbons (Fsp3) is 0.316. The highest BCUT2D eigenvalue weighted by molar-refractivity contribution is 6.05. The number of nitrogens with two attached hydrogens (primary N) is 2. The van der Waals surface area contributed by atoms with Crippen molar-refractivity contribution in [2.24, 2.45) is 5.73 Å². The second kappa shape index (κ2) is 9.60. The molecule has 0 bridgehead atoms. The Kier molecular flexibility index (Phi) is 6.88. The van der Waals surface area contributed by atoms with Crippen LogP contribution in [0.15, 0.2) is 36.5 Å². The summed E-state index contributed by atoms with van der Waals surface area (Å²) in [5.41, 5.74) is 8.42. The van der Waals surface area contributed by atoms with Crippen molar-refractivity contribution in [3.63, 3.8) is 0 Å². The monoisotopic (exact) mass is 454 g/mol. The van der Waals surface area contributed by atoms with Gasteiger partial charge in [0.2, 0.25) is 5.88 Å². The summed E-state index contributed by atoms with van der Waals surface area (Å²) in [7, 11) is 1.50. The van der Waals surface area contributed by atoms with Gasteiger partial charge in [-0.05, 0) is 18.2 Å². The lowest BCUT2D eigenvalue weighted by Crippen LogP contribution is -2.55. The first-order valence-corrected chi connectivity index (χ1v) is 9.26. The number of amides is 1. The molecule has 13 heteroatoms. The zero-order valence-corrected chi connectivity index (χ0v) is 16.9. The van der Waals surface area contributed by atoms with Crippen molar-refractivity contribution in [2.75, 3.05) is 38.0 Å². The molecular weight excluding hydrogens is 433 g/mol. The van der Waals surface area contributed by atoms with Gasteiger partial charge in [0, 0.05) is 18.4 Å². The van der Waals surface area contributed by atoms with E-state index in [-0.39, 0.29) is 35.5 Å². The van der Waals surface area contributed by atoms with Crippen LogP contribution in [-0.2, 0) is 15.0 Å². The normalized spacial score (nSPS) is 17.8. The molecule has 32 heavy (non-hydrogen) atoms. The van der Waals surface area contributed by atoms with Crippen molar-refractivity contribution in [1.29, 1.82) is 0 Å². The fourth-order valence-corrected chi connectivity index (χ4v) is 2.96. The van der Waals surface area contributed by atoms with Crippen LogP contribution in [0.25, 0.3) is 0 Å². The predicted molar refractivity (Wildman–Crippen MR) is 107 cm³/mol. The molecule has 1 aromatic heterocycles. The van der Waals surface area contributed by atoms with Crippen LogP contribution < -0.4 is 26.8 Å². The first-order chi connectivity index (χ1) is 15.3. The van der Waals surface area contributed by atoms with E-state index in [0.29, 0.717) is 6.61 Å². The molecule has 0 saturated heterocycles. The maximum atomic E-state index is 14.5. The zero-order valence-electron chi connectivity index (χ0n) is 16.9. The fourth-order valence-electron chi connectivity index (χ4n) is 2.96. The number of rotatable bonds is 8. The van der Waals surface area contributed by atoms with E-state index in [9.17, 15) is 18.0 Å². The average molecular weight is 454 g/mol. The molecular formula is C19H21F3N6O4. The van der Waals surface area contributed by atoms with Crippen LogP contribution in [-0.4, -0.2) is 49.2 Å². The number of ether oxygens (including phenoxy) is 3. The van der Waals surface area contributed by atoms with Gasteiger partial charge in [-0.3, -0.25) is 4.79 Å². The number of anilines is 2. The van der Waals surface area contributed by atoms with Crippen molar-refractivity contribution >= 4 is 17.4 Å². The lowest BCUT2D eigenvalue weighted by Gasteiger charge is -2.37. The van der Waals surface area contributed by atoms with E-state index >= 15 is 0 Å². The number of methoxy groups -OCH3 is 1. The lowest BCUT2D eigenvalue weighted by atomic mass is 9.89. The number of halogens is 3. The number of hydrogen-bond donors (Lipinski definition) is 4. The Morgan fingerprint density at radius 3 is 2.81 bits per heavy atom. The molecule has 6 N–H and O–H groups in total. The van der Waals surface area contributed by atoms with Gasteiger partial charge >= 0.3 is 0 Å². The van der Waals surface area contributed by atoms with Gasteiger partial charge in [0.1, 0.15) is 31.1 Å². The maximum absolute atomic E-state index is 14.5. The maximum Gasteiger partial charge on any atom is 0.278 e. The van der Waals surface area contributed by atoms with Gasteiger partial charge in [0.05, 0.1) is 12.8 Å². The smallest absolute Gasteiger partial charge is 0.278 e. The van der Waals surface area contributed by atoms with E-state index < -0.39 is 35.9 Å². The largest absolute Gasteiger partial charge is 0.494 e. The Hall–Kier alpha value is -3.74. The first kappa shape index (κ1) is 22.9. The van der Waals surface area contributed by atoms with Gasteiger partial charge in [0.25, 0.3) is 12.3 Å². The molecule has 3 rings (SSSR count). The highest BCUT2D eigenvalue weighted by atomic mass is 19.3. The number of nitrogens with zero attached hydrogens (tertiary/aromatic N) is 2. The van der Waals surface area contributed by atoms with Gasteiger partial charge in [-0.2, -0.15) is 4.98 Å². The summed E-state index contributed by atoms with van der Waals surface area (Å²) in [4.78, 5) is 20.4. The van der Waals surface area contributed by atoms with E-state index in [0.717, 1.165) is 18.4 Å². The molecule has 2 aromatic rings. The van der Waals surface area contributed by atoms with Crippen molar-refractivity contribution in [3.05, 3.63) is 53.6 Å². The number of alkyl halides is 2. The van der Waals surface area contributed by atoms with Crippen molar-refractivity contribution < 1.29 is 32.2 Å². The third-order valence-electron chi connectivity index (χ3n) is 4.50. The number of carbonyl (C=O) groups excluding carboxylic acids is 1. The second-order valence-electron chi connectivity index (χ2n) is 6.71. The summed E-state index contributed by atoms with van der Waals surface area (Å²) >= 11 is 0. The van der Waals surface area contributed by atoms with Gasteiger partial charge in [-0.25, -0.2) is 18.2 Å². The van der Waals surface area contributed by atoms with Crippen LogP contribution in [0.5, 0.6) is 5.88 Å². The predicted octanol–water partition coefficient (Wildman–Crippen LogP) is 1.31. The Morgan fingerprint density at radius 2 is 2.16 bits per heavy atom. The van der Waals surface area contributed by atoms with Gasteiger partial charge in [0.15, 0.2) is 17.1 Å². The van der Waals surface area contributed by atoms with Crippen LogP contribution in [0, 0.1) is 5.82 Å². The first-order valence-electron chi connectivity index (χ1n) is 9.26. The van der Waals surface area contributed by atoms with Crippen molar-refractivity contribution in [1.82, 2.24) is 15.3 Å². The lowest BCUT2D eigenvalue weighted by molar-refractivity contribution is -0.0211. The summed E-state index contributed by atoms with van der Waals surface area (Å²) in [6.45, 7) is -0.0569. The highest BCUT2D eigenvalue weighted by Crippen LogP contribution is 2.35. The molecule has 1 aliphatic rings. The summed E-state index contributed by atoms with van der Waals surface area (Å²) in [6.07, 6.45) is -0.836. The standard InChI is InChI=1S/C19H21F3N6O4/c1-30-4-5-32-14-7-25-15(16(24)27-14)17(29)26-10-2-3-12(20)11(6-10)19(18(21)22)9-31-8-13(23)28-19/h2-3,6-8,18,28H,4-5,9,23H2,1H3,(H2,24,27)(H,26,29)/t19-/m0/s1. The Bertz CT molecular complexity index is 1020. The third-order valence-corrected chi connectivity index (χ3v) is 4.50. The molecule has 0 aliphatic carbocycles. The Balaban J connectivity index is 1.83. The molecule has 1 aromatic carbocycles. The minimum absolute atomic E-state index is 0.0166. The minimum atomic E-state index is -3.08. The molecule has 0 spiro atoms.